The highest BCUT2D eigenvalue weighted by molar-refractivity contribution is 6.01. The monoisotopic (exact) mass is 256 g/mol. The number of Topliss-reactive ketones (excluding diaryl/α,β-unsaturated/α-hetero) is 1. The van der Waals surface area contributed by atoms with E-state index in [1.165, 1.54) is 12.1 Å². The van der Waals surface area contributed by atoms with Crippen molar-refractivity contribution in [2.24, 2.45) is 0 Å². The second-order valence-electron chi connectivity index (χ2n) is 4.60. The van der Waals surface area contributed by atoms with Gasteiger partial charge in [-0.2, -0.15) is 0 Å². The molecule has 3 heteroatoms. The summed E-state index contributed by atoms with van der Waals surface area (Å²) in [5.74, 6) is 0.0803. The van der Waals surface area contributed by atoms with E-state index in [0.717, 1.165) is 11.3 Å². The summed E-state index contributed by atoms with van der Waals surface area (Å²) >= 11 is 0. The van der Waals surface area contributed by atoms with Crippen LogP contribution in [0.1, 0.15) is 28.3 Å². The molecule has 1 aliphatic rings. The number of carbonyl (C=O) groups is 1. The van der Waals surface area contributed by atoms with Crippen LogP contribution in [0.4, 0.5) is 4.39 Å². The SMILES string of the molecule is O=C(c1cccc(F)c1)C1CCOc2ccccc21. The fourth-order valence-electron chi connectivity index (χ4n) is 2.46. The standard InChI is InChI=1S/C16H13FO2/c17-12-5-3-4-11(10-12)16(18)14-8-9-19-15-7-2-1-6-13(14)15/h1-7,10,14H,8-9H2. The molecule has 0 N–H and O–H groups in total. The summed E-state index contributed by atoms with van der Waals surface area (Å²) in [6.07, 6.45) is 0.631. The minimum atomic E-state index is -0.383. The van der Waals surface area contributed by atoms with Crippen molar-refractivity contribution in [3.8, 4) is 5.75 Å². The van der Waals surface area contributed by atoms with Crippen LogP contribution in [-0.4, -0.2) is 12.4 Å². The molecule has 0 bridgehead atoms. The van der Waals surface area contributed by atoms with Gasteiger partial charge in [0.2, 0.25) is 0 Å². The predicted molar refractivity (Wildman–Crippen MR) is 70.0 cm³/mol. The topological polar surface area (TPSA) is 26.3 Å². The number of benzene rings is 2. The Morgan fingerprint density at radius 1 is 1.16 bits per heavy atom. The molecule has 2 nitrogen and oxygen atoms in total. The van der Waals surface area contributed by atoms with Gasteiger partial charge in [0.1, 0.15) is 11.6 Å². The van der Waals surface area contributed by atoms with Gasteiger partial charge < -0.3 is 4.74 Å². The average molecular weight is 256 g/mol. The number of rotatable bonds is 2. The van der Waals surface area contributed by atoms with Crippen LogP contribution in [-0.2, 0) is 0 Å². The minimum Gasteiger partial charge on any atom is -0.493 e. The Morgan fingerprint density at radius 3 is 2.84 bits per heavy atom. The van der Waals surface area contributed by atoms with Crippen molar-refractivity contribution in [1.82, 2.24) is 0 Å². The van der Waals surface area contributed by atoms with E-state index in [1.54, 1.807) is 12.1 Å². The van der Waals surface area contributed by atoms with Crippen LogP contribution in [0.3, 0.4) is 0 Å². The van der Waals surface area contributed by atoms with Crippen LogP contribution in [0.5, 0.6) is 5.75 Å². The number of carbonyl (C=O) groups excluding carboxylic acids is 1. The molecule has 1 unspecified atom stereocenters. The van der Waals surface area contributed by atoms with E-state index in [0.29, 0.717) is 18.6 Å². The largest absolute Gasteiger partial charge is 0.493 e. The van der Waals surface area contributed by atoms with Gasteiger partial charge in [-0.05, 0) is 24.6 Å². The van der Waals surface area contributed by atoms with Crippen molar-refractivity contribution in [2.45, 2.75) is 12.3 Å². The van der Waals surface area contributed by atoms with Gasteiger partial charge in [-0.1, -0.05) is 30.3 Å². The molecule has 1 heterocycles. The zero-order chi connectivity index (χ0) is 13.2. The quantitative estimate of drug-likeness (QED) is 0.768. The molecule has 0 saturated heterocycles. The lowest BCUT2D eigenvalue weighted by molar-refractivity contribution is 0.0932. The summed E-state index contributed by atoms with van der Waals surface area (Å²) in [5, 5.41) is 0. The maximum absolute atomic E-state index is 13.2. The number of halogens is 1. The molecular formula is C16H13FO2. The molecule has 0 amide bonds. The first-order valence-electron chi connectivity index (χ1n) is 6.27. The van der Waals surface area contributed by atoms with Crippen LogP contribution in [0.2, 0.25) is 0 Å². The van der Waals surface area contributed by atoms with Gasteiger partial charge in [0, 0.05) is 11.1 Å². The average Bonchev–Trinajstić information content (AvgIpc) is 2.46. The highest BCUT2D eigenvalue weighted by Crippen LogP contribution is 2.35. The van der Waals surface area contributed by atoms with Gasteiger partial charge in [-0.25, -0.2) is 4.39 Å². The van der Waals surface area contributed by atoms with E-state index in [4.69, 9.17) is 4.74 Å². The molecule has 96 valence electrons. The molecule has 0 radical (unpaired) electrons. The smallest absolute Gasteiger partial charge is 0.170 e. The van der Waals surface area contributed by atoms with E-state index in [9.17, 15) is 9.18 Å². The Kier molecular flexibility index (Phi) is 3.03. The van der Waals surface area contributed by atoms with Crippen molar-refractivity contribution in [2.75, 3.05) is 6.61 Å². The third kappa shape index (κ3) is 2.24. The summed E-state index contributed by atoms with van der Waals surface area (Å²) in [6, 6.07) is 13.4. The summed E-state index contributed by atoms with van der Waals surface area (Å²) < 4.78 is 18.8. The number of fused-ring (bicyclic) bond motifs is 1. The van der Waals surface area contributed by atoms with E-state index >= 15 is 0 Å². The highest BCUT2D eigenvalue weighted by atomic mass is 19.1. The van der Waals surface area contributed by atoms with Crippen molar-refractivity contribution >= 4 is 5.78 Å². The highest BCUT2D eigenvalue weighted by Gasteiger charge is 2.28. The molecule has 2 aromatic rings. The van der Waals surface area contributed by atoms with Crippen molar-refractivity contribution in [1.29, 1.82) is 0 Å². The molecule has 3 rings (SSSR count). The Bertz CT molecular complexity index is 622. The van der Waals surface area contributed by atoms with Gasteiger partial charge in [0.25, 0.3) is 0 Å². The molecule has 0 spiro atoms. The number of hydrogen-bond acceptors (Lipinski definition) is 2. The van der Waals surface area contributed by atoms with Gasteiger partial charge >= 0.3 is 0 Å². The zero-order valence-electron chi connectivity index (χ0n) is 10.3. The molecule has 0 aromatic heterocycles. The lowest BCUT2D eigenvalue weighted by atomic mass is 9.86. The Balaban J connectivity index is 1.98. The van der Waals surface area contributed by atoms with Crippen LogP contribution in [0, 0.1) is 5.82 Å². The van der Waals surface area contributed by atoms with E-state index in [2.05, 4.69) is 0 Å². The molecule has 2 aromatic carbocycles. The fourth-order valence-corrected chi connectivity index (χ4v) is 2.46. The molecule has 0 fully saturated rings. The molecule has 0 aliphatic carbocycles. The van der Waals surface area contributed by atoms with Crippen LogP contribution in [0.25, 0.3) is 0 Å². The number of hydrogen-bond donors (Lipinski definition) is 0. The Morgan fingerprint density at radius 2 is 2.00 bits per heavy atom. The summed E-state index contributed by atoms with van der Waals surface area (Å²) in [7, 11) is 0. The maximum Gasteiger partial charge on any atom is 0.170 e. The van der Waals surface area contributed by atoms with Crippen LogP contribution < -0.4 is 4.74 Å². The van der Waals surface area contributed by atoms with Gasteiger partial charge in [0.05, 0.1) is 12.5 Å². The van der Waals surface area contributed by atoms with Gasteiger partial charge in [-0.15, -0.1) is 0 Å². The first-order valence-corrected chi connectivity index (χ1v) is 6.27. The van der Waals surface area contributed by atoms with E-state index < -0.39 is 0 Å². The van der Waals surface area contributed by atoms with Crippen molar-refractivity contribution in [3.63, 3.8) is 0 Å². The third-order valence-corrected chi connectivity index (χ3v) is 3.38. The summed E-state index contributed by atoms with van der Waals surface area (Å²) in [6.45, 7) is 0.517. The molecule has 19 heavy (non-hydrogen) atoms. The number of ether oxygens (including phenoxy) is 1. The maximum atomic E-state index is 13.2. The summed E-state index contributed by atoms with van der Waals surface area (Å²) in [4.78, 5) is 12.5. The van der Waals surface area contributed by atoms with Gasteiger partial charge in [0.15, 0.2) is 5.78 Å². The first kappa shape index (κ1) is 11.9. The van der Waals surface area contributed by atoms with Gasteiger partial charge in [-0.3, -0.25) is 4.79 Å². The lowest BCUT2D eigenvalue weighted by Crippen LogP contribution is -2.21. The van der Waals surface area contributed by atoms with Crippen LogP contribution >= 0.6 is 0 Å². The molecular weight excluding hydrogens is 243 g/mol. The lowest BCUT2D eigenvalue weighted by Gasteiger charge is -2.24. The molecule has 1 atom stereocenters. The summed E-state index contributed by atoms with van der Waals surface area (Å²) in [5.41, 5.74) is 1.31. The number of ketones is 1. The normalized spacial score (nSPS) is 17.4. The van der Waals surface area contributed by atoms with Crippen molar-refractivity contribution < 1.29 is 13.9 Å². The second kappa shape index (κ2) is 4.84. The van der Waals surface area contributed by atoms with Crippen LogP contribution in [0.15, 0.2) is 48.5 Å². The molecule has 1 aliphatic heterocycles. The van der Waals surface area contributed by atoms with Crippen molar-refractivity contribution in [3.05, 3.63) is 65.5 Å². The second-order valence-corrected chi connectivity index (χ2v) is 4.60. The predicted octanol–water partition coefficient (Wildman–Crippen LogP) is 3.57. The fraction of sp³-hybridized carbons (Fsp3) is 0.188. The van der Waals surface area contributed by atoms with E-state index in [-0.39, 0.29) is 17.5 Å². The number of para-hydroxylation sites is 1. The third-order valence-electron chi connectivity index (χ3n) is 3.38. The molecule has 0 saturated carbocycles. The van der Waals surface area contributed by atoms with E-state index in [1.807, 2.05) is 24.3 Å². The Labute approximate surface area is 110 Å². The minimum absolute atomic E-state index is 0.0461. The Hall–Kier alpha value is -2.16. The first-order chi connectivity index (χ1) is 9.25. The zero-order valence-corrected chi connectivity index (χ0v) is 10.3.